The van der Waals surface area contributed by atoms with Crippen molar-refractivity contribution in [2.75, 3.05) is 16.3 Å². The number of nitro groups is 2. The molecule has 0 radical (unpaired) electrons. The van der Waals surface area contributed by atoms with E-state index in [0.29, 0.717) is 5.69 Å². The third-order valence-corrected chi connectivity index (χ3v) is 3.74. The van der Waals surface area contributed by atoms with Gasteiger partial charge in [0.05, 0.1) is 15.5 Å². The molecule has 0 saturated heterocycles. The minimum atomic E-state index is -0.868. The van der Waals surface area contributed by atoms with E-state index in [1.54, 1.807) is 30.3 Å². The number of nitrogens with one attached hydrogen (secondary N) is 4. The monoisotopic (exact) mass is 410 g/mol. The van der Waals surface area contributed by atoms with Crippen molar-refractivity contribution in [2.24, 2.45) is 0 Å². The van der Waals surface area contributed by atoms with Gasteiger partial charge in [0.25, 0.3) is 11.6 Å². The van der Waals surface area contributed by atoms with Gasteiger partial charge in [0.15, 0.2) is 0 Å². The predicted octanol–water partition coefficient (Wildman–Crippen LogP) is 2.49. The van der Waals surface area contributed by atoms with Crippen LogP contribution in [0.3, 0.4) is 0 Å². The molecule has 0 saturated carbocycles. The maximum atomic E-state index is 12.3. The number of carbonyl (C=O) groups excluding carboxylic acids is 1. The smallest absolute Gasteiger partial charge is 0.299 e. The highest BCUT2D eigenvalue weighted by atomic mass is 16.6. The fraction of sp³-hybridized carbons (Fsp3) is 0. The summed E-state index contributed by atoms with van der Waals surface area (Å²) in [4.78, 5) is 41.0. The number of carbonyl (C=O) groups is 1. The molecule has 3 rings (SSSR count). The lowest BCUT2D eigenvalue weighted by atomic mass is 10.2. The number of amides is 1. The molecule has 0 spiro atoms. The number of aromatic nitrogens is 2. The van der Waals surface area contributed by atoms with Crippen molar-refractivity contribution < 1.29 is 14.6 Å². The summed E-state index contributed by atoms with van der Waals surface area (Å²) in [5.41, 5.74) is 9.29. The van der Waals surface area contributed by atoms with Gasteiger partial charge in [-0.25, -0.2) is 9.97 Å². The van der Waals surface area contributed by atoms with E-state index in [4.69, 9.17) is 0 Å². The molecule has 0 aliphatic rings. The zero-order valence-corrected chi connectivity index (χ0v) is 15.1. The summed E-state index contributed by atoms with van der Waals surface area (Å²) >= 11 is 0. The summed E-state index contributed by atoms with van der Waals surface area (Å²) in [7, 11) is 0. The van der Waals surface area contributed by atoms with Crippen molar-refractivity contribution in [1.29, 1.82) is 0 Å². The second-order valence-electron chi connectivity index (χ2n) is 5.65. The number of hydrogen-bond donors (Lipinski definition) is 4. The van der Waals surface area contributed by atoms with Gasteiger partial charge in [0, 0.05) is 6.07 Å². The fourth-order valence-corrected chi connectivity index (χ4v) is 2.40. The first-order valence-electron chi connectivity index (χ1n) is 8.33. The summed E-state index contributed by atoms with van der Waals surface area (Å²) in [6, 6.07) is 14.1. The van der Waals surface area contributed by atoms with Crippen LogP contribution in [0.15, 0.2) is 60.9 Å². The van der Waals surface area contributed by atoms with Crippen LogP contribution >= 0.6 is 0 Å². The van der Waals surface area contributed by atoms with Gasteiger partial charge in [0.1, 0.15) is 11.9 Å². The molecule has 0 aliphatic carbocycles. The molecule has 13 nitrogen and oxygen atoms in total. The standard InChI is InChI=1S/C17H14N8O5/c26-17(12-8-4-5-9-13(12)24(27)28)23-22-16-14(25(29)30)15(18-10-19-16)21-20-11-6-2-1-3-7-11/h1-10,20H,(H,23,26)(H2,18,19,21,22). The Balaban J connectivity index is 1.78. The first-order chi connectivity index (χ1) is 14.5. The Hall–Kier alpha value is -4.81. The predicted molar refractivity (Wildman–Crippen MR) is 107 cm³/mol. The quantitative estimate of drug-likeness (QED) is 0.318. The van der Waals surface area contributed by atoms with E-state index >= 15 is 0 Å². The number of nitrogens with zero attached hydrogens (tertiary/aromatic N) is 4. The molecule has 0 bridgehead atoms. The molecular formula is C17H14N8O5. The van der Waals surface area contributed by atoms with Crippen molar-refractivity contribution in [3.05, 3.63) is 86.7 Å². The van der Waals surface area contributed by atoms with Crippen LogP contribution in [0, 0.1) is 20.2 Å². The van der Waals surface area contributed by atoms with Gasteiger partial charge < -0.3 is 0 Å². The van der Waals surface area contributed by atoms with Crippen molar-refractivity contribution in [1.82, 2.24) is 15.4 Å². The summed E-state index contributed by atoms with van der Waals surface area (Å²) in [6.45, 7) is 0. The van der Waals surface area contributed by atoms with Gasteiger partial charge in [-0.05, 0) is 18.2 Å². The Bertz CT molecular complexity index is 1090. The molecule has 13 heteroatoms. The van der Waals surface area contributed by atoms with Gasteiger partial charge in [0.2, 0.25) is 11.6 Å². The Morgan fingerprint density at radius 1 is 0.800 bits per heavy atom. The van der Waals surface area contributed by atoms with E-state index in [-0.39, 0.29) is 17.2 Å². The molecule has 2 aromatic carbocycles. The number of anilines is 3. The van der Waals surface area contributed by atoms with Crippen LogP contribution in [-0.2, 0) is 0 Å². The summed E-state index contributed by atoms with van der Waals surface area (Å²) < 4.78 is 0. The molecule has 0 atom stereocenters. The number of para-hydroxylation sites is 2. The van der Waals surface area contributed by atoms with Gasteiger partial charge in [-0.3, -0.25) is 46.7 Å². The highest BCUT2D eigenvalue weighted by molar-refractivity contribution is 5.98. The number of rotatable bonds is 8. The average molecular weight is 410 g/mol. The normalized spacial score (nSPS) is 10.0. The average Bonchev–Trinajstić information content (AvgIpc) is 2.76. The number of hydrazine groups is 2. The van der Waals surface area contributed by atoms with Crippen molar-refractivity contribution in [2.45, 2.75) is 0 Å². The second kappa shape index (κ2) is 8.92. The van der Waals surface area contributed by atoms with Crippen LogP contribution in [0.5, 0.6) is 0 Å². The van der Waals surface area contributed by atoms with Gasteiger partial charge in [-0.15, -0.1) is 0 Å². The molecule has 3 aromatic rings. The first-order valence-corrected chi connectivity index (χ1v) is 8.33. The third kappa shape index (κ3) is 4.53. The maximum Gasteiger partial charge on any atom is 0.356 e. The molecule has 0 unspecified atom stereocenters. The summed E-state index contributed by atoms with van der Waals surface area (Å²) in [6.07, 6.45) is 1.04. The zero-order valence-electron chi connectivity index (χ0n) is 15.1. The molecule has 0 aliphatic heterocycles. The van der Waals surface area contributed by atoms with E-state index < -0.39 is 27.1 Å². The first kappa shape index (κ1) is 19.9. The highest BCUT2D eigenvalue weighted by Crippen LogP contribution is 2.28. The van der Waals surface area contributed by atoms with Crippen molar-refractivity contribution in [3.63, 3.8) is 0 Å². The maximum absolute atomic E-state index is 12.3. The van der Waals surface area contributed by atoms with Crippen LogP contribution in [0.1, 0.15) is 10.4 Å². The van der Waals surface area contributed by atoms with Gasteiger partial charge in [-0.1, -0.05) is 30.3 Å². The minimum Gasteiger partial charge on any atom is -0.299 e. The van der Waals surface area contributed by atoms with Gasteiger partial charge >= 0.3 is 5.69 Å². The molecule has 152 valence electrons. The molecule has 1 aromatic heterocycles. The minimum absolute atomic E-state index is 0.165. The largest absolute Gasteiger partial charge is 0.356 e. The molecule has 0 fully saturated rings. The molecule has 4 N–H and O–H groups in total. The van der Waals surface area contributed by atoms with E-state index in [2.05, 4.69) is 31.7 Å². The molecule has 30 heavy (non-hydrogen) atoms. The summed E-state index contributed by atoms with van der Waals surface area (Å²) in [5.74, 6) is -1.35. The molecule has 1 heterocycles. The Kier molecular flexibility index (Phi) is 5.93. The number of benzene rings is 2. The topological polar surface area (TPSA) is 177 Å². The SMILES string of the molecule is O=C(NNc1ncnc(NNc2ccccc2)c1[N+](=O)[O-])c1ccccc1[N+](=O)[O-]. The molecular weight excluding hydrogens is 396 g/mol. The van der Waals surface area contributed by atoms with Crippen LogP contribution in [0.25, 0.3) is 0 Å². The zero-order chi connectivity index (χ0) is 21.5. The second-order valence-corrected chi connectivity index (χ2v) is 5.65. The van der Waals surface area contributed by atoms with E-state index in [0.717, 1.165) is 6.33 Å². The molecule has 1 amide bonds. The Morgan fingerprint density at radius 3 is 2.10 bits per heavy atom. The van der Waals surface area contributed by atoms with Gasteiger partial charge in [-0.2, -0.15) is 0 Å². The lowest BCUT2D eigenvalue weighted by Gasteiger charge is -2.12. The van der Waals surface area contributed by atoms with E-state index in [1.807, 2.05) is 0 Å². The number of hydrogen-bond acceptors (Lipinski definition) is 10. The van der Waals surface area contributed by atoms with Crippen molar-refractivity contribution in [3.8, 4) is 0 Å². The Morgan fingerprint density at radius 2 is 1.43 bits per heavy atom. The van der Waals surface area contributed by atoms with Crippen LogP contribution in [0.4, 0.5) is 28.7 Å². The lowest BCUT2D eigenvalue weighted by molar-refractivity contribution is -0.385. The van der Waals surface area contributed by atoms with E-state index in [1.165, 1.54) is 24.3 Å². The fourth-order valence-electron chi connectivity index (χ4n) is 2.40. The van der Waals surface area contributed by atoms with Crippen LogP contribution in [0.2, 0.25) is 0 Å². The lowest BCUT2D eigenvalue weighted by Crippen LogP contribution is -2.31. The highest BCUT2D eigenvalue weighted by Gasteiger charge is 2.25. The van der Waals surface area contributed by atoms with Crippen molar-refractivity contribution >= 4 is 34.6 Å². The van der Waals surface area contributed by atoms with E-state index in [9.17, 15) is 25.0 Å². The number of nitro benzene ring substituents is 1. The summed E-state index contributed by atoms with van der Waals surface area (Å²) in [5, 5.41) is 22.6. The Labute approximate surface area is 168 Å². The van der Waals surface area contributed by atoms with Crippen LogP contribution < -0.4 is 21.7 Å². The van der Waals surface area contributed by atoms with Crippen LogP contribution in [-0.4, -0.2) is 25.7 Å². The third-order valence-electron chi connectivity index (χ3n) is 3.74.